The molecule has 0 amide bonds. The van der Waals surface area contributed by atoms with Crippen LogP contribution in [0.3, 0.4) is 0 Å². The van der Waals surface area contributed by atoms with Crippen molar-refractivity contribution in [3.63, 3.8) is 0 Å². The number of anilines is 1. The zero-order valence-corrected chi connectivity index (χ0v) is 15.3. The molecule has 0 aromatic heterocycles. The van der Waals surface area contributed by atoms with Crippen LogP contribution in [0.15, 0.2) is 42.5 Å². The Morgan fingerprint density at radius 3 is 2.32 bits per heavy atom. The summed E-state index contributed by atoms with van der Waals surface area (Å²) in [6.45, 7) is 4.26. The summed E-state index contributed by atoms with van der Waals surface area (Å²) in [5.41, 5.74) is 1.47. The second-order valence-corrected chi connectivity index (χ2v) is 6.59. The molecule has 0 heterocycles. The van der Waals surface area contributed by atoms with Gasteiger partial charge in [0.15, 0.2) is 16.7 Å². The predicted octanol–water partition coefficient (Wildman–Crippen LogP) is 5.05. The first-order valence-electron chi connectivity index (χ1n) is 8.05. The van der Waals surface area contributed by atoms with Crippen LogP contribution in [0.2, 0.25) is 0 Å². The van der Waals surface area contributed by atoms with Gasteiger partial charge in [0.05, 0.1) is 13.2 Å². The van der Waals surface area contributed by atoms with Gasteiger partial charge in [0.2, 0.25) is 0 Å². The number of hydrogen-bond acceptors (Lipinski definition) is 2. The molecule has 0 spiro atoms. The van der Waals surface area contributed by atoms with Crippen LogP contribution in [0.4, 0.5) is 14.5 Å². The van der Waals surface area contributed by atoms with E-state index in [9.17, 15) is 8.78 Å². The number of nitrogens with one attached hydrogen (secondary N) is 2. The second-order valence-electron chi connectivity index (χ2n) is 6.18. The van der Waals surface area contributed by atoms with Crippen molar-refractivity contribution >= 4 is 23.0 Å². The summed E-state index contributed by atoms with van der Waals surface area (Å²) in [6, 6.07) is 11.3. The topological polar surface area (TPSA) is 33.3 Å². The summed E-state index contributed by atoms with van der Waals surface area (Å²) in [6.07, 6.45) is 0.867. The first-order valence-corrected chi connectivity index (χ1v) is 8.46. The van der Waals surface area contributed by atoms with Gasteiger partial charge in [-0.2, -0.15) is 0 Å². The largest absolute Gasteiger partial charge is 0.497 e. The van der Waals surface area contributed by atoms with Crippen LogP contribution in [0.1, 0.15) is 31.9 Å². The average Bonchev–Trinajstić information content (AvgIpc) is 2.57. The van der Waals surface area contributed by atoms with E-state index in [2.05, 4.69) is 24.5 Å². The molecule has 0 saturated carbocycles. The van der Waals surface area contributed by atoms with Gasteiger partial charge in [-0.1, -0.05) is 26.0 Å². The number of hydrogen-bond donors (Lipinski definition) is 2. The number of benzene rings is 2. The van der Waals surface area contributed by atoms with Gasteiger partial charge in [-0.05, 0) is 54.4 Å². The lowest BCUT2D eigenvalue weighted by atomic mass is 9.97. The minimum atomic E-state index is -0.915. The van der Waals surface area contributed by atoms with Gasteiger partial charge in [-0.3, -0.25) is 0 Å². The zero-order chi connectivity index (χ0) is 18.4. The standard InChI is InChI=1S/C19H22F2N2OS/c1-12(2)10-18(13-4-7-15(24-3)8-5-13)23-19(25)22-14-6-9-16(20)17(21)11-14/h4-9,11-12,18H,10H2,1-3H3,(H2,22,23,25)/t18-/m1/s1. The van der Waals surface area contributed by atoms with Crippen molar-refractivity contribution in [2.24, 2.45) is 5.92 Å². The third kappa shape index (κ3) is 5.67. The van der Waals surface area contributed by atoms with E-state index in [-0.39, 0.29) is 6.04 Å². The third-order valence-electron chi connectivity index (χ3n) is 3.71. The summed E-state index contributed by atoms with van der Waals surface area (Å²) >= 11 is 5.33. The summed E-state index contributed by atoms with van der Waals surface area (Å²) in [5, 5.41) is 6.50. The maximum absolute atomic E-state index is 13.3. The fraction of sp³-hybridized carbons (Fsp3) is 0.316. The number of methoxy groups -OCH3 is 1. The lowest BCUT2D eigenvalue weighted by molar-refractivity contribution is 0.414. The summed E-state index contributed by atoms with van der Waals surface area (Å²) in [4.78, 5) is 0. The molecule has 0 unspecified atom stereocenters. The average molecular weight is 364 g/mol. The third-order valence-corrected chi connectivity index (χ3v) is 3.93. The minimum absolute atomic E-state index is 0.00352. The van der Waals surface area contributed by atoms with Crippen molar-refractivity contribution in [2.75, 3.05) is 12.4 Å². The van der Waals surface area contributed by atoms with Crippen molar-refractivity contribution in [1.29, 1.82) is 0 Å². The Morgan fingerprint density at radius 2 is 1.76 bits per heavy atom. The van der Waals surface area contributed by atoms with Gasteiger partial charge in [-0.25, -0.2) is 8.78 Å². The highest BCUT2D eigenvalue weighted by atomic mass is 32.1. The number of halogens is 2. The number of thiocarbonyl (C=S) groups is 1. The Labute approximate surface area is 152 Å². The Balaban J connectivity index is 2.09. The number of rotatable bonds is 6. The van der Waals surface area contributed by atoms with Crippen LogP contribution in [-0.4, -0.2) is 12.2 Å². The van der Waals surface area contributed by atoms with Crippen molar-refractivity contribution in [1.82, 2.24) is 5.32 Å². The first-order chi connectivity index (χ1) is 11.9. The molecule has 2 N–H and O–H groups in total. The van der Waals surface area contributed by atoms with Crippen molar-refractivity contribution in [3.8, 4) is 5.75 Å². The Morgan fingerprint density at radius 1 is 1.08 bits per heavy atom. The normalized spacial score (nSPS) is 11.9. The van der Waals surface area contributed by atoms with E-state index in [1.54, 1.807) is 7.11 Å². The monoisotopic (exact) mass is 364 g/mol. The maximum atomic E-state index is 13.3. The first kappa shape index (κ1) is 19.1. The predicted molar refractivity (Wildman–Crippen MR) is 101 cm³/mol. The smallest absolute Gasteiger partial charge is 0.171 e. The summed E-state index contributed by atoms with van der Waals surface area (Å²) in [5.74, 6) is -0.567. The molecule has 0 saturated heterocycles. The molecular formula is C19H22F2N2OS. The van der Waals surface area contributed by atoms with Crippen molar-refractivity contribution in [2.45, 2.75) is 26.3 Å². The lowest BCUT2D eigenvalue weighted by Crippen LogP contribution is -2.33. The van der Waals surface area contributed by atoms with Crippen molar-refractivity contribution in [3.05, 3.63) is 59.7 Å². The molecule has 0 aliphatic carbocycles. The van der Waals surface area contributed by atoms with E-state index < -0.39 is 11.6 Å². The molecule has 0 aliphatic rings. The fourth-order valence-electron chi connectivity index (χ4n) is 2.49. The van der Waals surface area contributed by atoms with Gasteiger partial charge >= 0.3 is 0 Å². The van der Waals surface area contributed by atoms with E-state index in [0.29, 0.717) is 16.7 Å². The van der Waals surface area contributed by atoms with E-state index in [0.717, 1.165) is 29.9 Å². The minimum Gasteiger partial charge on any atom is -0.497 e. The van der Waals surface area contributed by atoms with E-state index in [1.807, 2.05) is 24.3 Å². The van der Waals surface area contributed by atoms with Crippen LogP contribution in [0, 0.1) is 17.6 Å². The second kappa shape index (κ2) is 8.76. The molecule has 134 valence electrons. The van der Waals surface area contributed by atoms with Crippen LogP contribution in [0.5, 0.6) is 5.75 Å². The molecule has 2 aromatic carbocycles. The van der Waals surface area contributed by atoms with Crippen LogP contribution in [-0.2, 0) is 0 Å². The molecular weight excluding hydrogens is 342 g/mol. The molecule has 2 aromatic rings. The molecule has 0 radical (unpaired) electrons. The zero-order valence-electron chi connectivity index (χ0n) is 14.5. The van der Waals surface area contributed by atoms with E-state index >= 15 is 0 Å². The Bertz CT molecular complexity index is 720. The van der Waals surface area contributed by atoms with E-state index in [4.69, 9.17) is 17.0 Å². The van der Waals surface area contributed by atoms with Gasteiger partial charge in [0.1, 0.15) is 5.75 Å². The van der Waals surface area contributed by atoms with Gasteiger partial charge in [-0.15, -0.1) is 0 Å². The van der Waals surface area contributed by atoms with Crippen LogP contribution >= 0.6 is 12.2 Å². The maximum Gasteiger partial charge on any atom is 0.171 e. The van der Waals surface area contributed by atoms with Crippen LogP contribution in [0.25, 0.3) is 0 Å². The van der Waals surface area contributed by atoms with Crippen LogP contribution < -0.4 is 15.4 Å². The SMILES string of the molecule is COc1ccc([C@@H](CC(C)C)NC(=S)Nc2ccc(F)c(F)c2)cc1. The molecule has 6 heteroatoms. The Kier molecular flexibility index (Phi) is 6.70. The molecule has 0 aliphatic heterocycles. The van der Waals surface area contributed by atoms with Gasteiger partial charge < -0.3 is 15.4 Å². The summed E-state index contributed by atoms with van der Waals surface area (Å²) < 4.78 is 31.5. The fourth-order valence-corrected chi connectivity index (χ4v) is 2.75. The van der Waals surface area contributed by atoms with Crippen molar-refractivity contribution < 1.29 is 13.5 Å². The molecule has 1 atom stereocenters. The molecule has 2 rings (SSSR count). The highest BCUT2D eigenvalue weighted by molar-refractivity contribution is 7.80. The van der Waals surface area contributed by atoms with Gasteiger partial charge in [0, 0.05) is 11.8 Å². The molecule has 3 nitrogen and oxygen atoms in total. The van der Waals surface area contributed by atoms with E-state index in [1.165, 1.54) is 6.07 Å². The highest BCUT2D eigenvalue weighted by Gasteiger charge is 2.15. The summed E-state index contributed by atoms with van der Waals surface area (Å²) in [7, 11) is 1.62. The highest BCUT2D eigenvalue weighted by Crippen LogP contribution is 2.24. The molecule has 0 fully saturated rings. The Hall–Kier alpha value is -2.21. The molecule has 0 bridgehead atoms. The van der Waals surface area contributed by atoms with Gasteiger partial charge in [0.25, 0.3) is 0 Å². The molecule has 25 heavy (non-hydrogen) atoms. The number of ether oxygens (including phenoxy) is 1. The lowest BCUT2D eigenvalue weighted by Gasteiger charge is -2.23. The quantitative estimate of drug-likeness (QED) is 0.703.